The summed E-state index contributed by atoms with van der Waals surface area (Å²) in [5.74, 6) is -0.457. The van der Waals surface area contributed by atoms with Gasteiger partial charge in [0.1, 0.15) is 6.10 Å². The van der Waals surface area contributed by atoms with Crippen LogP contribution in [0.15, 0.2) is 60.7 Å². The number of carbonyl (C=O) groups is 3. The van der Waals surface area contributed by atoms with Crippen molar-refractivity contribution < 1.29 is 19.1 Å². The lowest BCUT2D eigenvalue weighted by atomic mass is 9.80. The van der Waals surface area contributed by atoms with Gasteiger partial charge in [0.25, 0.3) is 0 Å². The lowest BCUT2D eigenvalue weighted by Crippen LogP contribution is -2.30. The van der Waals surface area contributed by atoms with Gasteiger partial charge in [-0.2, -0.15) is 0 Å². The van der Waals surface area contributed by atoms with E-state index < -0.39 is 5.97 Å². The average Bonchev–Trinajstić information content (AvgIpc) is 3.00. The molecule has 0 bridgehead atoms. The van der Waals surface area contributed by atoms with Crippen molar-refractivity contribution in [2.75, 3.05) is 17.2 Å². The number of nitrogens with zero attached hydrogens (tertiary/aromatic N) is 1. The van der Waals surface area contributed by atoms with Gasteiger partial charge in [-0.3, -0.25) is 9.59 Å². The fourth-order valence-corrected chi connectivity index (χ4v) is 6.24. The van der Waals surface area contributed by atoms with E-state index in [2.05, 4.69) is 13.8 Å². The first kappa shape index (κ1) is 28.6. The molecule has 0 amide bonds. The van der Waals surface area contributed by atoms with E-state index in [4.69, 9.17) is 10.5 Å². The van der Waals surface area contributed by atoms with Crippen LogP contribution in [0.5, 0.6) is 0 Å². The fourth-order valence-electron chi connectivity index (χ4n) is 6.24. The number of esters is 1. The molecule has 0 aliphatic heterocycles. The molecule has 2 aliphatic carbocycles. The van der Waals surface area contributed by atoms with Crippen LogP contribution in [0, 0.1) is 5.92 Å². The predicted octanol–water partition coefficient (Wildman–Crippen LogP) is 7.89. The van der Waals surface area contributed by atoms with Gasteiger partial charge in [0, 0.05) is 23.4 Å². The minimum absolute atomic E-state index is 0.0155. The van der Waals surface area contributed by atoms with Crippen LogP contribution in [-0.4, -0.2) is 30.2 Å². The number of carbonyl (C=O) groups excluding carboxylic acids is 3. The SMILES string of the molecule is CCCCC1CCC(OC(=O)c2cc(N(CCCC)c3ccccc3)c3c(c2N)C(=O)c2ccccc2C3=O)CC1. The molecule has 6 nitrogen and oxygen atoms in total. The second-order valence-corrected chi connectivity index (χ2v) is 11.3. The third-order valence-electron chi connectivity index (χ3n) is 8.56. The number of benzene rings is 3. The second-order valence-electron chi connectivity index (χ2n) is 11.3. The zero-order valence-corrected chi connectivity index (χ0v) is 24.2. The molecule has 1 fully saturated rings. The van der Waals surface area contributed by atoms with E-state index in [0.29, 0.717) is 29.3 Å². The largest absolute Gasteiger partial charge is 0.459 e. The highest BCUT2D eigenvalue weighted by Crippen LogP contribution is 2.42. The van der Waals surface area contributed by atoms with E-state index in [0.717, 1.165) is 44.2 Å². The third kappa shape index (κ3) is 5.79. The quantitative estimate of drug-likeness (QED) is 0.159. The first-order valence-electron chi connectivity index (χ1n) is 15.1. The number of fused-ring (bicyclic) bond motifs is 2. The molecule has 1 saturated carbocycles. The lowest BCUT2D eigenvalue weighted by Gasteiger charge is -2.32. The molecule has 41 heavy (non-hydrogen) atoms. The minimum Gasteiger partial charge on any atom is -0.459 e. The maximum absolute atomic E-state index is 14.0. The summed E-state index contributed by atoms with van der Waals surface area (Å²) >= 11 is 0. The Balaban J connectivity index is 1.57. The van der Waals surface area contributed by atoms with Gasteiger partial charge < -0.3 is 15.4 Å². The van der Waals surface area contributed by atoms with Gasteiger partial charge in [-0.15, -0.1) is 0 Å². The summed E-state index contributed by atoms with van der Waals surface area (Å²) in [6.45, 7) is 4.92. The fraction of sp³-hybridized carbons (Fsp3) is 0.400. The van der Waals surface area contributed by atoms with Gasteiger partial charge >= 0.3 is 5.97 Å². The van der Waals surface area contributed by atoms with Crippen LogP contribution >= 0.6 is 0 Å². The Kier molecular flexibility index (Phi) is 8.87. The number of hydrogen-bond donors (Lipinski definition) is 1. The Labute approximate surface area is 242 Å². The Hall–Kier alpha value is -3.93. The molecule has 3 aromatic rings. The van der Waals surface area contributed by atoms with Crippen LogP contribution < -0.4 is 10.6 Å². The van der Waals surface area contributed by atoms with Gasteiger partial charge in [-0.25, -0.2) is 4.79 Å². The predicted molar refractivity (Wildman–Crippen MR) is 163 cm³/mol. The van der Waals surface area contributed by atoms with Crippen molar-refractivity contribution in [1.29, 1.82) is 0 Å². The maximum Gasteiger partial charge on any atom is 0.340 e. The number of para-hydroxylation sites is 1. The highest BCUT2D eigenvalue weighted by Gasteiger charge is 2.37. The van der Waals surface area contributed by atoms with Crippen molar-refractivity contribution in [1.82, 2.24) is 0 Å². The number of ether oxygens (including phenoxy) is 1. The molecule has 0 aromatic heterocycles. The normalized spacial score (nSPS) is 18.0. The Morgan fingerprint density at radius 1 is 0.854 bits per heavy atom. The number of anilines is 3. The molecular weight excluding hydrogens is 512 g/mol. The van der Waals surface area contributed by atoms with Crippen molar-refractivity contribution in [3.05, 3.63) is 88.5 Å². The molecule has 0 heterocycles. The highest BCUT2D eigenvalue weighted by atomic mass is 16.5. The number of nitrogen functional groups attached to an aromatic ring is 1. The zero-order valence-electron chi connectivity index (χ0n) is 24.2. The Morgan fingerprint density at radius 2 is 1.46 bits per heavy atom. The van der Waals surface area contributed by atoms with Crippen molar-refractivity contribution in [2.24, 2.45) is 5.92 Å². The molecule has 3 aromatic carbocycles. The summed E-state index contributed by atoms with van der Waals surface area (Å²) in [5.41, 5.74) is 9.15. The van der Waals surface area contributed by atoms with Crippen molar-refractivity contribution >= 4 is 34.6 Å². The van der Waals surface area contributed by atoms with Gasteiger partial charge in [0.15, 0.2) is 11.6 Å². The van der Waals surface area contributed by atoms with E-state index in [9.17, 15) is 14.4 Å². The number of ketones is 2. The average molecular weight is 553 g/mol. The van der Waals surface area contributed by atoms with Gasteiger partial charge in [0.2, 0.25) is 0 Å². The van der Waals surface area contributed by atoms with E-state index in [-0.39, 0.29) is 40.0 Å². The molecule has 0 unspecified atom stereocenters. The van der Waals surface area contributed by atoms with Crippen molar-refractivity contribution in [3.63, 3.8) is 0 Å². The van der Waals surface area contributed by atoms with Crippen molar-refractivity contribution in [2.45, 2.75) is 77.7 Å². The topological polar surface area (TPSA) is 89.7 Å². The number of rotatable bonds is 10. The third-order valence-corrected chi connectivity index (χ3v) is 8.56. The molecule has 2 aliphatic rings. The molecule has 5 rings (SSSR count). The van der Waals surface area contributed by atoms with Crippen LogP contribution in [0.2, 0.25) is 0 Å². The van der Waals surface area contributed by atoms with E-state index in [1.807, 2.05) is 35.2 Å². The summed E-state index contributed by atoms with van der Waals surface area (Å²) in [5, 5.41) is 0. The van der Waals surface area contributed by atoms with Gasteiger partial charge in [0.05, 0.1) is 28.1 Å². The van der Waals surface area contributed by atoms with E-state index in [1.54, 1.807) is 30.3 Å². The Morgan fingerprint density at radius 3 is 2.10 bits per heavy atom. The summed E-state index contributed by atoms with van der Waals surface area (Å²) < 4.78 is 6.02. The smallest absolute Gasteiger partial charge is 0.340 e. The Bertz CT molecular complexity index is 1420. The van der Waals surface area contributed by atoms with Crippen LogP contribution in [0.25, 0.3) is 0 Å². The van der Waals surface area contributed by atoms with Gasteiger partial charge in [-0.05, 0) is 56.2 Å². The maximum atomic E-state index is 14.0. The molecule has 0 saturated heterocycles. The molecule has 0 atom stereocenters. The van der Waals surface area contributed by atoms with Crippen LogP contribution in [0.1, 0.15) is 114 Å². The van der Waals surface area contributed by atoms with E-state index in [1.165, 1.54) is 19.3 Å². The van der Waals surface area contributed by atoms with Gasteiger partial charge in [-0.1, -0.05) is 82.0 Å². The second kappa shape index (κ2) is 12.7. The molecule has 6 heteroatoms. The van der Waals surface area contributed by atoms with Crippen LogP contribution in [0.4, 0.5) is 17.1 Å². The standard InChI is InChI=1S/C35H40N2O4/c1-3-5-12-23-17-19-25(20-18-23)41-35(40)28-22-29(37(21-6-4-2)24-13-8-7-9-14-24)30-31(32(28)36)34(39)27-16-11-10-15-26(27)33(30)38/h7-11,13-16,22-23,25H,3-6,12,17-21,36H2,1-2H3. The number of nitrogens with two attached hydrogens (primary N) is 1. The minimum atomic E-state index is -0.536. The summed E-state index contributed by atoms with van der Waals surface area (Å²) in [6, 6.07) is 18.2. The van der Waals surface area contributed by atoms with E-state index >= 15 is 0 Å². The molecule has 214 valence electrons. The first-order valence-corrected chi connectivity index (χ1v) is 15.1. The monoisotopic (exact) mass is 552 g/mol. The molecule has 0 spiro atoms. The lowest BCUT2D eigenvalue weighted by molar-refractivity contribution is 0.0162. The van der Waals surface area contributed by atoms with Crippen molar-refractivity contribution in [3.8, 4) is 0 Å². The molecular formula is C35H40N2O4. The summed E-state index contributed by atoms with van der Waals surface area (Å²) in [6.07, 6.45) is 9.01. The molecule has 0 radical (unpaired) electrons. The van der Waals surface area contributed by atoms with Crippen LogP contribution in [0.3, 0.4) is 0 Å². The van der Waals surface area contributed by atoms with Crippen LogP contribution in [-0.2, 0) is 4.74 Å². The highest BCUT2D eigenvalue weighted by molar-refractivity contribution is 6.33. The molecule has 2 N–H and O–H groups in total. The summed E-state index contributed by atoms with van der Waals surface area (Å²) in [7, 11) is 0. The summed E-state index contributed by atoms with van der Waals surface area (Å²) in [4.78, 5) is 43.6. The number of unbranched alkanes of at least 4 members (excludes halogenated alkanes) is 2. The first-order chi connectivity index (χ1) is 19.9. The number of hydrogen-bond acceptors (Lipinski definition) is 6. The zero-order chi connectivity index (χ0) is 28.9.